The third kappa shape index (κ3) is 3.53. The number of nitrogens with zero attached hydrogens (tertiary/aromatic N) is 1. The minimum atomic E-state index is 0. The molecule has 2 atom stereocenters. The Bertz CT molecular complexity index is 659. The van der Waals surface area contributed by atoms with Crippen LogP contribution in [0.4, 0.5) is 0 Å². The summed E-state index contributed by atoms with van der Waals surface area (Å²) in [4.78, 5) is 5.28. The van der Waals surface area contributed by atoms with Crippen molar-refractivity contribution in [2.45, 2.75) is 9.65 Å². The number of halogens is 4. The second-order valence-electron chi connectivity index (χ2n) is 4.70. The van der Waals surface area contributed by atoms with Crippen LogP contribution in [0.2, 0.25) is 5.02 Å². The summed E-state index contributed by atoms with van der Waals surface area (Å²) in [5.74, 6) is 0. The van der Waals surface area contributed by atoms with Crippen LogP contribution in [0.15, 0.2) is 53.5 Å². The second kappa shape index (κ2) is 7.28. The highest BCUT2D eigenvalue weighted by molar-refractivity contribution is 9.12. The smallest absolute Gasteiger partial charge is 0.0723 e. The molecule has 0 fully saturated rings. The number of benzene rings is 2. The first kappa shape index (κ1) is 17.0. The van der Waals surface area contributed by atoms with Crippen molar-refractivity contribution >= 4 is 61.6 Å². The molecular weight excluding hydrogens is 437 g/mol. The van der Waals surface area contributed by atoms with Crippen molar-refractivity contribution < 1.29 is 0 Å². The third-order valence-electron chi connectivity index (χ3n) is 3.36. The molecule has 3 rings (SSSR count). The van der Waals surface area contributed by atoms with Crippen LogP contribution < -0.4 is 0 Å². The molecule has 1 aliphatic heterocycles. The van der Waals surface area contributed by atoms with Gasteiger partial charge in [-0.25, -0.2) is 0 Å². The van der Waals surface area contributed by atoms with E-state index in [1.165, 1.54) is 5.56 Å². The fraction of sp³-hybridized carbons (Fsp3) is 0.188. The van der Waals surface area contributed by atoms with Crippen LogP contribution in [0.5, 0.6) is 0 Å². The molecule has 0 aliphatic carbocycles. The van der Waals surface area contributed by atoms with E-state index in [1.54, 1.807) is 0 Å². The molecule has 0 saturated carbocycles. The van der Waals surface area contributed by atoms with E-state index < -0.39 is 0 Å². The van der Waals surface area contributed by atoms with Crippen LogP contribution >= 0.6 is 55.9 Å². The Morgan fingerprint density at radius 1 is 1.05 bits per heavy atom. The minimum absolute atomic E-state index is 0. The normalized spacial score (nSPS) is 20.8. The average molecular weight is 450 g/mol. The lowest BCUT2D eigenvalue weighted by molar-refractivity contribution is 0.872. The molecule has 21 heavy (non-hydrogen) atoms. The number of hydrogen-bond acceptors (Lipinski definition) is 1. The van der Waals surface area contributed by atoms with Gasteiger partial charge in [0.1, 0.15) is 0 Å². The zero-order chi connectivity index (χ0) is 14.1. The molecule has 5 heteroatoms. The zero-order valence-electron chi connectivity index (χ0n) is 11.0. The Morgan fingerprint density at radius 2 is 1.76 bits per heavy atom. The van der Waals surface area contributed by atoms with Crippen molar-refractivity contribution in [2.75, 3.05) is 6.54 Å². The summed E-state index contributed by atoms with van der Waals surface area (Å²) in [5.41, 5.74) is 4.45. The lowest BCUT2D eigenvalue weighted by Crippen LogP contribution is -2.09. The van der Waals surface area contributed by atoms with E-state index in [4.69, 9.17) is 16.6 Å². The molecule has 110 valence electrons. The van der Waals surface area contributed by atoms with Gasteiger partial charge in [0.05, 0.1) is 21.9 Å². The van der Waals surface area contributed by atoms with Crippen molar-refractivity contribution in [2.24, 2.45) is 4.99 Å². The van der Waals surface area contributed by atoms with Crippen molar-refractivity contribution in [1.82, 2.24) is 0 Å². The summed E-state index contributed by atoms with van der Waals surface area (Å²) in [7, 11) is 0. The van der Waals surface area contributed by atoms with Gasteiger partial charge in [-0.1, -0.05) is 79.9 Å². The minimum Gasteiger partial charge on any atom is -0.283 e. The highest BCUT2D eigenvalue weighted by Crippen LogP contribution is 2.37. The van der Waals surface area contributed by atoms with Gasteiger partial charge in [0.15, 0.2) is 0 Å². The number of alkyl halides is 2. The maximum atomic E-state index is 6.18. The van der Waals surface area contributed by atoms with E-state index in [2.05, 4.69) is 50.1 Å². The highest BCUT2D eigenvalue weighted by atomic mass is 79.9. The summed E-state index contributed by atoms with van der Waals surface area (Å²) in [5, 5.41) is 0.736. The van der Waals surface area contributed by atoms with Crippen LogP contribution in [0.25, 0.3) is 0 Å². The molecule has 2 unspecified atom stereocenters. The van der Waals surface area contributed by atoms with Crippen molar-refractivity contribution in [3.63, 3.8) is 0 Å². The van der Waals surface area contributed by atoms with Gasteiger partial charge >= 0.3 is 0 Å². The van der Waals surface area contributed by atoms with Gasteiger partial charge in [-0.15, -0.1) is 12.4 Å². The molecule has 0 radical (unpaired) electrons. The standard InChI is InChI=1S/C16H12Br2ClN.ClH/c17-14-9-20-16(10-4-2-1-3-5-10)13-8-11(19)6-7-12(13)15(14)18;/h1-8,14-15H,9H2;1H. The van der Waals surface area contributed by atoms with Gasteiger partial charge < -0.3 is 0 Å². The molecule has 1 nitrogen and oxygen atoms in total. The number of hydrogen-bond donors (Lipinski definition) is 0. The van der Waals surface area contributed by atoms with E-state index in [1.807, 2.05) is 30.3 Å². The molecular formula is C16H13Br2Cl2N. The van der Waals surface area contributed by atoms with Gasteiger partial charge in [-0.05, 0) is 17.7 Å². The Hall–Kier alpha value is -0.350. The molecule has 1 heterocycles. The Morgan fingerprint density at radius 3 is 2.48 bits per heavy atom. The van der Waals surface area contributed by atoms with Gasteiger partial charge in [0.25, 0.3) is 0 Å². The fourth-order valence-electron chi connectivity index (χ4n) is 2.37. The van der Waals surface area contributed by atoms with Crippen molar-refractivity contribution in [1.29, 1.82) is 0 Å². The molecule has 0 spiro atoms. The Kier molecular flexibility index (Phi) is 5.89. The molecule has 2 aromatic rings. The van der Waals surface area contributed by atoms with Gasteiger partial charge in [-0.3, -0.25) is 4.99 Å². The zero-order valence-corrected chi connectivity index (χ0v) is 15.7. The van der Waals surface area contributed by atoms with Crippen molar-refractivity contribution in [3.8, 4) is 0 Å². The summed E-state index contributed by atoms with van der Waals surface area (Å²) >= 11 is 13.7. The van der Waals surface area contributed by atoms with E-state index in [0.29, 0.717) is 0 Å². The molecule has 2 aromatic carbocycles. The first-order valence-corrected chi connectivity index (χ1v) is 8.55. The largest absolute Gasteiger partial charge is 0.283 e. The van der Waals surface area contributed by atoms with Crippen LogP contribution in [-0.4, -0.2) is 17.1 Å². The van der Waals surface area contributed by atoms with E-state index in [-0.39, 0.29) is 22.1 Å². The summed E-state index contributed by atoms with van der Waals surface area (Å²) in [6, 6.07) is 16.3. The predicted octanol–water partition coefficient (Wildman–Crippen LogP) is 5.81. The predicted molar refractivity (Wildman–Crippen MR) is 100 cm³/mol. The molecule has 0 bridgehead atoms. The van der Waals surface area contributed by atoms with E-state index in [0.717, 1.165) is 28.4 Å². The third-order valence-corrected chi connectivity index (χ3v) is 6.25. The van der Waals surface area contributed by atoms with Gasteiger partial charge in [0.2, 0.25) is 0 Å². The first-order valence-electron chi connectivity index (χ1n) is 6.34. The summed E-state index contributed by atoms with van der Waals surface area (Å²) < 4.78 is 0. The monoisotopic (exact) mass is 447 g/mol. The average Bonchev–Trinajstić information content (AvgIpc) is 2.58. The maximum Gasteiger partial charge on any atom is 0.0723 e. The number of rotatable bonds is 1. The van der Waals surface area contributed by atoms with Crippen LogP contribution in [0.1, 0.15) is 21.5 Å². The van der Waals surface area contributed by atoms with Crippen molar-refractivity contribution in [3.05, 3.63) is 70.2 Å². The van der Waals surface area contributed by atoms with E-state index >= 15 is 0 Å². The van der Waals surface area contributed by atoms with Crippen LogP contribution in [0.3, 0.4) is 0 Å². The SMILES string of the molecule is Cl.Clc1ccc2c(c1)C(c1ccccc1)=NCC(Br)C2Br. The maximum absolute atomic E-state index is 6.18. The second-order valence-corrected chi connectivity index (χ2v) is 7.30. The topological polar surface area (TPSA) is 12.4 Å². The first-order chi connectivity index (χ1) is 9.66. The number of fused-ring (bicyclic) bond motifs is 1. The molecule has 0 N–H and O–H groups in total. The van der Waals surface area contributed by atoms with E-state index in [9.17, 15) is 0 Å². The molecule has 1 aliphatic rings. The molecule has 0 amide bonds. The Labute approximate surface area is 152 Å². The summed E-state index contributed by atoms with van der Waals surface area (Å²) in [6.45, 7) is 0.729. The molecule has 0 aromatic heterocycles. The Balaban J connectivity index is 0.00000161. The summed E-state index contributed by atoms with van der Waals surface area (Å²) in [6.07, 6.45) is 0. The lowest BCUT2D eigenvalue weighted by atomic mass is 9.96. The number of aliphatic imine (C=N–C) groups is 1. The van der Waals surface area contributed by atoms with Crippen LogP contribution in [0, 0.1) is 0 Å². The van der Waals surface area contributed by atoms with Gasteiger partial charge in [0, 0.05) is 16.1 Å². The molecule has 0 saturated heterocycles. The quantitative estimate of drug-likeness (QED) is 0.487. The van der Waals surface area contributed by atoms with Crippen LogP contribution in [-0.2, 0) is 0 Å². The van der Waals surface area contributed by atoms with Gasteiger partial charge in [-0.2, -0.15) is 0 Å². The lowest BCUT2D eigenvalue weighted by Gasteiger charge is -2.16. The highest BCUT2D eigenvalue weighted by Gasteiger charge is 2.26. The fourth-order valence-corrected chi connectivity index (χ4v) is 3.54.